The van der Waals surface area contributed by atoms with Crippen LogP contribution in [0.15, 0.2) is 48.0 Å². The van der Waals surface area contributed by atoms with Crippen LogP contribution >= 0.6 is 0 Å². The molecule has 0 saturated carbocycles. The molecule has 5 N–H and O–H groups in total. The molecular formula is C21H27N7O4. The molecule has 0 radical (unpaired) electrons. The van der Waals surface area contributed by atoms with Crippen molar-refractivity contribution in [3.63, 3.8) is 0 Å². The highest BCUT2D eigenvalue weighted by Crippen LogP contribution is 2.18. The number of esters is 1. The fourth-order valence-electron chi connectivity index (χ4n) is 2.64. The number of ether oxygens (including phenoxy) is 1. The van der Waals surface area contributed by atoms with E-state index in [0.717, 1.165) is 0 Å². The van der Waals surface area contributed by atoms with Crippen molar-refractivity contribution in [1.82, 2.24) is 26.0 Å². The van der Waals surface area contributed by atoms with Crippen molar-refractivity contribution in [2.24, 2.45) is 10.8 Å². The zero-order valence-electron chi connectivity index (χ0n) is 18.2. The molecule has 1 heterocycles. The molecule has 0 aliphatic rings. The summed E-state index contributed by atoms with van der Waals surface area (Å²) in [6, 6.07) is 5.78. The molecule has 0 spiro atoms. The van der Waals surface area contributed by atoms with Crippen LogP contribution in [0.2, 0.25) is 0 Å². The third-order valence-corrected chi connectivity index (χ3v) is 3.91. The number of hydrogen-bond donors (Lipinski definition) is 4. The van der Waals surface area contributed by atoms with Crippen LogP contribution in [-0.4, -0.2) is 46.2 Å². The first-order chi connectivity index (χ1) is 15.2. The number of nitrogens with two attached hydrogens (primary N) is 1. The maximum Gasteiger partial charge on any atom is 0.308 e. The van der Waals surface area contributed by atoms with Crippen molar-refractivity contribution in [3.8, 4) is 0 Å². The molecule has 1 aromatic heterocycles. The second kappa shape index (κ2) is 11.5. The molecule has 2 aromatic rings. The number of amides is 2. The maximum absolute atomic E-state index is 12.5. The summed E-state index contributed by atoms with van der Waals surface area (Å²) in [6.45, 7) is 4.97. The summed E-state index contributed by atoms with van der Waals surface area (Å²) < 4.78 is 5.34. The van der Waals surface area contributed by atoms with E-state index in [4.69, 9.17) is 10.6 Å². The van der Waals surface area contributed by atoms with Crippen molar-refractivity contribution in [3.05, 3.63) is 54.1 Å². The standard InChI is InChI=1S/C21H27N7O4/c1-21(2,3)32-19(30)8-17(15-9-23-12-24-10-15)28-18(29)11-25-20(31)14-5-4-6-16(7-14)26-13-27-22/h4-7,9-10,12-13,17H,8,11,22H2,1-3H3,(H,25,31)(H,26,27)(H,28,29). The number of nitrogens with one attached hydrogen (secondary N) is 3. The molecule has 1 unspecified atom stereocenters. The second-order valence-corrected chi connectivity index (χ2v) is 7.74. The Balaban J connectivity index is 2.00. The molecule has 2 rings (SSSR count). The van der Waals surface area contributed by atoms with Gasteiger partial charge in [-0.15, -0.1) is 0 Å². The van der Waals surface area contributed by atoms with Crippen LogP contribution < -0.4 is 21.9 Å². The fraction of sp³-hybridized carbons (Fsp3) is 0.333. The average molecular weight is 441 g/mol. The van der Waals surface area contributed by atoms with Gasteiger partial charge in [-0.3, -0.25) is 14.4 Å². The van der Waals surface area contributed by atoms with Crippen LogP contribution in [0.1, 0.15) is 49.2 Å². The number of hydrogen-bond acceptors (Lipinski definition) is 8. The minimum absolute atomic E-state index is 0.112. The number of nitrogens with zero attached hydrogens (tertiary/aromatic N) is 3. The lowest BCUT2D eigenvalue weighted by Crippen LogP contribution is -2.39. The van der Waals surface area contributed by atoms with Gasteiger partial charge < -0.3 is 20.8 Å². The quantitative estimate of drug-likeness (QED) is 0.147. The number of carbonyl (C=O) groups is 3. The summed E-state index contributed by atoms with van der Waals surface area (Å²) >= 11 is 0. The number of aliphatic imine (C=N–C) groups is 1. The van der Waals surface area contributed by atoms with E-state index in [2.05, 4.69) is 31.0 Å². The topological polar surface area (TPSA) is 161 Å². The summed E-state index contributed by atoms with van der Waals surface area (Å²) in [6.07, 6.45) is 5.52. The van der Waals surface area contributed by atoms with Crippen molar-refractivity contribution < 1.29 is 19.1 Å². The number of benzene rings is 1. The van der Waals surface area contributed by atoms with Gasteiger partial charge in [0.2, 0.25) is 5.91 Å². The molecule has 0 saturated heterocycles. The molecule has 11 heteroatoms. The predicted octanol–water partition coefficient (Wildman–Crippen LogP) is 0.919. The molecule has 2 amide bonds. The van der Waals surface area contributed by atoms with Gasteiger partial charge in [0.25, 0.3) is 5.91 Å². The first-order valence-corrected chi connectivity index (χ1v) is 9.81. The van der Waals surface area contributed by atoms with Gasteiger partial charge in [-0.2, -0.15) is 0 Å². The first-order valence-electron chi connectivity index (χ1n) is 9.81. The first kappa shape index (κ1) is 24.4. The van der Waals surface area contributed by atoms with E-state index in [-0.39, 0.29) is 13.0 Å². The second-order valence-electron chi connectivity index (χ2n) is 7.74. The summed E-state index contributed by atoms with van der Waals surface area (Å²) in [7, 11) is 0. The molecule has 1 atom stereocenters. The van der Waals surface area contributed by atoms with Crippen LogP contribution in [0, 0.1) is 0 Å². The molecule has 32 heavy (non-hydrogen) atoms. The van der Waals surface area contributed by atoms with E-state index >= 15 is 0 Å². The van der Waals surface area contributed by atoms with Crippen molar-refractivity contribution in [2.75, 3.05) is 6.54 Å². The fourth-order valence-corrected chi connectivity index (χ4v) is 2.64. The lowest BCUT2D eigenvalue weighted by molar-refractivity contribution is -0.155. The number of aromatic nitrogens is 2. The zero-order chi connectivity index (χ0) is 23.6. The largest absolute Gasteiger partial charge is 0.460 e. The molecule has 0 aliphatic heterocycles. The molecule has 11 nitrogen and oxygen atoms in total. The summed E-state index contributed by atoms with van der Waals surface area (Å²) in [5, 5.41) is 5.26. The average Bonchev–Trinajstić information content (AvgIpc) is 2.75. The third kappa shape index (κ3) is 8.48. The van der Waals surface area contributed by atoms with Crippen LogP contribution in [0.3, 0.4) is 0 Å². The molecule has 0 bridgehead atoms. The zero-order valence-corrected chi connectivity index (χ0v) is 18.2. The number of carbonyl (C=O) groups excluding carboxylic acids is 3. The van der Waals surface area contributed by atoms with Gasteiger partial charge >= 0.3 is 5.97 Å². The Kier molecular flexibility index (Phi) is 8.78. The highest BCUT2D eigenvalue weighted by Gasteiger charge is 2.23. The van der Waals surface area contributed by atoms with E-state index < -0.39 is 29.4 Å². The maximum atomic E-state index is 12.5. The van der Waals surface area contributed by atoms with Crippen molar-refractivity contribution in [2.45, 2.75) is 38.8 Å². The van der Waals surface area contributed by atoms with E-state index in [1.165, 1.54) is 25.1 Å². The van der Waals surface area contributed by atoms with E-state index in [1.54, 1.807) is 45.0 Å². The molecule has 170 valence electrons. The highest BCUT2D eigenvalue weighted by molar-refractivity contribution is 5.97. The molecule has 0 aliphatic carbocycles. The normalized spacial score (nSPS) is 12.1. The van der Waals surface area contributed by atoms with Crippen LogP contribution in [0.25, 0.3) is 0 Å². The van der Waals surface area contributed by atoms with Gasteiger partial charge in [0.1, 0.15) is 18.3 Å². The van der Waals surface area contributed by atoms with E-state index in [1.807, 2.05) is 0 Å². The monoisotopic (exact) mass is 441 g/mol. The Labute approximate surface area is 185 Å². The molecular weight excluding hydrogens is 414 g/mol. The molecule has 0 fully saturated rings. The lowest BCUT2D eigenvalue weighted by Gasteiger charge is -2.23. The Morgan fingerprint density at radius 3 is 2.59 bits per heavy atom. The summed E-state index contributed by atoms with van der Waals surface area (Å²) in [4.78, 5) is 49.0. The highest BCUT2D eigenvalue weighted by atomic mass is 16.6. The third-order valence-electron chi connectivity index (χ3n) is 3.91. The van der Waals surface area contributed by atoms with Crippen molar-refractivity contribution >= 4 is 29.8 Å². The van der Waals surface area contributed by atoms with Gasteiger partial charge in [0.05, 0.1) is 24.7 Å². The van der Waals surface area contributed by atoms with Gasteiger partial charge in [-0.1, -0.05) is 6.07 Å². The van der Waals surface area contributed by atoms with E-state index in [9.17, 15) is 14.4 Å². The Bertz CT molecular complexity index is 958. The smallest absolute Gasteiger partial charge is 0.308 e. The van der Waals surface area contributed by atoms with Gasteiger partial charge in [-0.05, 0) is 39.0 Å². The Morgan fingerprint density at radius 2 is 1.94 bits per heavy atom. The minimum Gasteiger partial charge on any atom is -0.460 e. The summed E-state index contributed by atoms with van der Waals surface area (Å²) in [5.41, 5.74) is 2.99. The van der Waals surface area contributed by atoms with Gasteiger partial charge in [-0.25, -0.2) is 20.8 Å². The van der Waals surface area contributed by atoms with E-state index in [0.29, 0.717) is 16.8 Å². The molecule has 1 aromatic carbocycles. The van der Waals surface area contributed by atoms with Crippen LogP contribution in [0.4, 0.5) is 5.69 Å². The van der Waals surface area contributed by atoms with Gasteiger partial charge in [0, 0.05) is 23.5 Å². The predicted molar refractivity (Wildman–Crippen MR) is 118 cm³/mol. The van der Waals surface area contributed by atoms with Crippen LogP contribution in [0.5, 0.6) is 0 Å². The number of hydrazine groups is 1. The Hall–Kier alpha value is -3.86. The van der Waals surface area contributed by atoms with Crippen molar-refractivity contribution in [1.29, 1.82) is 0 Å². The Morgan fingerprint density at radius 1 is 1.22 bits per heavy atom. The number of rotatable bonds is 9. The SMILES string of the molecule is CC(C)(C)OC(=O)CC(NC(=O)CNC(=O)c1cccc(N=CNN)c1)c1cncnc1. The minimum atomic E-state index is -0.711. The summed E-state index contributed by atoms with van der Waals surface area (Å²) in [5.74, 6) is 3.71. The lowest BCUT2D eigenvalue weighted by atomic mass is 10.1. The van der Waals surface area contributed by atoms with Crippen LogP contribution in [-0.2, 0) is 14.3 Å². The van der Waals surface area contributed by atoms with Gasteiger partial charge in [0.15, 0.2) is 0 Å².